The number of rotatable bonds is 5. The quantitative estimate of drug-likeness (QED) is 0.409. The topological polar surface area (TPSA) is 93.8 Å². The van der Waals surface area contributed by atoms with E-state index in [4.69, 9.17) is 0 Å². The second kappa shape index (κ2) is 11.5. The van der Waals surface area contributed by atoms with Crippen LogP contribution in [0.1, 0.15) is 34.5 Å². The molecule has 1 heterocycles. The summed E-state index contributed by atoms with van der Waals surface area (Å²) in [5.41, 5.74) is 2.26. The zero-order valence-electron chi connectivity index (χ0n) is 19.5. The van der Waals surface area contributed by atoms with Gasteiger partial charge in [0, 0.05) is 42.9 Å². The van der Waals surface area contributed by atoms with Gasteiger partial charge < -0.3 is 10.2 Å². The van der Waals surface area contributed by atoms with Crippen molar-refractivity contribution < 1.29 is 40.7 Å². The van der Waals surface area contributed by atoms with Crippen molar-refractivity contribution >= 4 is 17.8 Å². The third-order valence-corrected chi connectivity index (χ3v) is 5.81. The fourth-order valence-corrected chi connectivity index (χ4v) is 3.77. The van der Waals surface area contributed by atoms with Gasteiger partial charge in [0.05, 0.1) is 6.04 Å². The second-order valence-electron chi connectivity index (χ2n) is 8.12. The number of carbonyl (C=O) groups excluding carboxylic acids is 3. The molecule has 0 bridgehead atoms. The van der Waals surface area contributed by atoms with Crippen LogP contribution in [-0.4, -0.2) is 60.0 Å². The number of likely N-dealkylation sites (N-methyl/N-ethyl adjacent to an activating group) is 1. The summed E-state index contributed by atoms with van der Waals surface area (Å²) in [6, 6.07) is 5.20. The number of urea groups is 1. The summed E-state index contributed by atoms with van der Waals surface area (Å²) < 4.78 is 79.5. The SMILES string of the molecule is CCN1CCN(C(=O)NCc2ccc(C(=O)NNC(=O)C(F)(F)F)cc2F)C(c2cccc(F)c2F)C1. The molecule has 1 fully saturated rings. The second-order valence-corrected chi connectivity index (χ2v) is 8.12. The molecular formula is C23H23F6N5O3. The molecule has 1 aliphatic rings. The first-order chi connectivity index (χ1) is 17.4. The normalized spacial score (nSPS) is 16.3. The van der Waals surface area contributed by atoms with Crippen molar-refractivity contribution in [2.45, 2.75) is 25.7 Å². The summed E-state index contributed by atoms with van der Waals surface area (Å²) >= 11 is 0. The van der Waals surface area contributed by atoms with Gasteiger partial charge in [-0.15, -0.1) is 0 Å². The minimum Gasteiger partial charge on any atom is -0.334 e. The number of alkyl halides is 3. The molecule has 2 aromatic carbocycles. The van der Waals surface area contributed by atoms with Gasteiger partial charge in [0.2, 0.25) is 0 Å². The third kappa shape index (κ3) is 6.70. The van der Waals surface area contributed by atoms with E-state index in [1.54, 1.807) is 0 Å². The Kier molecular flexibility index (Phi) is 8.63. The van der Waals surface area contributed by atoms with Gasteiger partial charge in [-0.2, -0.15) is 13.2 Å². The number of halogens is 6. The lowest BCUT2D eigenvalue weighted by molar-refractivity contribution is -0.174. The van der Waals surface area contributed by atoms with E-state index < -0.39 is 47.5 Å². The van der Waals surface area contributed by atoms with Gasteiger partial charge >= 0.3 is 18.1 Å². The van der Waals surface area contributed by atoms with Gasteiger partial charge in [0.15, 0.2) is 11.6 Å². The highest BCUT2D eigenvalue weighted by molar-refractivity contribution is 5.96. The van der Waals surface area contributed by atoms with E-state index in [-0.39, 0.29) is 36.3 Å². The molecule has 1 unspecified atom stereocenters. The highest BCUT2D eigenvalue weighted by Gasteiger charge is 2.39. The van der Waals surface area contributed by atoms with E-state index in [1.807, 2.05) is 11.8 Å². The Morgan fingerprint density at radius 2 is 1.73 bits per heavy atom. The Hall–Kier alpha value is -3.81. The standard InChI is InChI=1S/C23H23F6N5O3/c1-2-33-8-9-34(18(12-33)15-4-3-5-16(24)19(15)26)22(37)30-11-14-7-6-13(10-17(14)25)20(35)31-32-21(36)23(27,28)29/h3-7,10,18H,2,8-9,11-12H2,1H3,(H,30,37)(H,31,35)(H,32,36). The van der Waals surface area contributed by atoms with E-state index in [0.29, 0.717) is 13.1 Å². The molecule has 0 aliphatic carbocycles. The highest BCUT2D eigenvalue weighted by Crippen LogP contribution is 2.28. The van der Waals surface area contributed by atoms with Crippen LogP contribution < -0.4 is 16.2 Å². The maximum Gasteiger partial charge on any atom is 0.472 e. The maximum atomic E-state index is 14.5. The molecule has 8 nitrogen and oxygen atoms in total. The number of hydrogen-bond donors (Lipinski definition) is 3. The smallest absolute Gasteiger partial charge is 0.334 e. The molecule has 4 amide bonds. The Morgan fingerprint density at radius 1 is 1.00 bits per heavy atom. The molecule has 1 aliphatic heterocycles. The average molecular weight is 531 g/mol. The van der Waals surface area contributed by atoms with Crippen molar-refractivity contribution in [3.8, 4) is 0 Å². The number of hydrogen-bond acceptors (Lipinski definition) is 4. The van der Waals surface area contributed by atoms with Gasteiger partial charge in [-0.05, 0) is 24.7 Å². The first-order valence-corrected chi connectivity index (χ1v) is 11.1. The van der Waals surface area contributed by atoms with E-state index in [9.17, 15) is 40.7 Å². The zero-order valence-corrected chi connectivity index (χ0v) is 19.5. The lowest BCUT2D eigenvalue weighted by Gasteiger charge is -2.41. The van der Waals surface area contributed by atoms with Crippen LogP contribution in [0.15, 0.2) is 36.4 Å². The van der Waals surface area contributed by atoms with Crippen LogP contribution in [0, 0.1) is 17.5 Å². The zero-order chi connectivity index (χ0) is 27.3. The molecule has 0 spiro atoms. The molecule has 200 valence electrons. The molecule has 0 radical (unpaired) electrons. The first-order valence-electron chi connectivity index (χ1n) is 11.1. The first kappa shape index (κ1) is 27.8. The highest BCUT2D eigenvalue weighted by atomic mass is 19.4. The Labute approximate surface area is 207 Å². The third-order valence-electron chi connectivity index (χ3n) is 5.81. The Balaban J connectivity index is 1.67. The molecule has 0 saturated carbocycles. The minimum atomic E-state index is -5.22. The number of piperazine rings is 1. The molecule has 1 saturated heterocycles. The molecule has 0 aromatic heterocycles. The largest absolute Gasteiger partial charge is 0.472 e. The van der Waals surface area contributed by atoms with Crippen molar-refractivity contribution in [3.05, 3.63) is 70.5 Å². The lowest BCUT2D eigenvalue weighted by atomic mass is 10.0. The molecule has 3 rings (SSSR count). The predicted molar refractivity (Wildman–Crippen MR) is 118 cm³/mol. The Morgan fingerprint density at radius 3 is 2.38 bits per heavy atom. The molecule has 37 heavy (non-hydrogen) atoms. The summed E-state index contributed by atoms with van der Waals surface area (Å²) in [4.78, 5) is 38.9. The summed E-state index contributed by atoms with van der Waals surface area (Å²) in [7, 11) is 0. The van der Waals surface area contributed by atoms with E-state index >= 15 is 0 Å². The van der Waals surface area contributed by atoms with Crippen LogP contribution in [0.5, 0.6) is 0 Å². The van der Waals surface area contributed by atoms with Crippen molar-refractivity contribution in [1.82, 2.24) is 26.0 Å². The van der Waals surface area contributed by atoms with E-state index in [0.717, 1.165) is 29.7 Å². The molecule has 2 aromatic rings. The number of amides is 4. The fourth-order valence-electron chi connectivity index (χ4n) is 3.77. The van der Waals surface area contributed by atoms with Crippen LogP contribution in [0.25, 0.3) is 0 Å². The molecule has 1 atom stereocenters. The average Bonchev–Trinajstić information content (AvgIpc) is 2.86. The van der Waals surface area contributed by atoms with Crippen LogP contribution in [-0.2, 0) is 11.3 Å². The van der Waals surface area contributed by atoms with Gasteiger partial charge in [-0.25, -0.2) is 18.0 Å². The number of benzene rings is 2. The van der Waals surface area contributed by atoms with Gasteiger partial charge in [0.25, 0.3) is 5.91 Å². The molecular weight excluding hydrogens is 508 g/mol. The summed E-state index contributed by atoms with van der Waals surface area (Å²) in [6.07, 6.45) is -5.22. The van der Waals surface area contributed by atoms with Gasteiger partial charge in [-0.1, -0.05) is 25.1 Å². The molecule has 3 N–H and O–H groups in total. The van der Waals surface area contributed by atoms with Crippen molar-refractivity contribution in [3.63, 3.8) is 0 Å². The number of nitrogens with one attached hydrogen (secondary N) is 3. The van der Waals surface area contributed by atoms with Crippen molar-refractivity contribution in [2.75, 3.05) is 26.2 Å². The summed E-state index contributed by atoms with van der Waals surface area (Å²) in [5, 5.41) is 2.51. The van der Waals surface area contributed by atoms with Crippen molar-refractivity contribution in [2.24, 2.45) is 0 Å². The van der Waals surface area contributed by atoms with Gasteiger partial charge in [-0.3, -0.25) is 25.3 Å². The lowest BCUT2D eigenvalue weighted by Crippen LogP contribution is -2.53. The van der Waals surface area contributed by atoms with Crippen LogP contribution >= 0.6 is 0 Å². The summed E-state index contributed by atoms with van der Waals surface area (Å²) in [6.45, 7) is 3.14. The number of hydrazine groups is 1. The predicted octanol–water partition coefficient (Wildman–Crippen LogP) is 3.02. The summed E-state index contributed by atoms with van der Waals surface area (Å²) in [5.74, 6) is -6.65. The molecule has 14 heteroatoms. The van der Waals surface area contributed by atoms with Gasteiger partial charge in [0.1, 0.15) is 5.82 Å². The maximum absolute atomic E-state index is 14.5. The minimum absolute atomic E-state index is 0.00691. The van der Waals surface area contributed by atoms with E-state index in [1.165, 1.54) is 22.5 Å². The number of carbonyl (C=O) groups is 3. The van der Waals surface area contributed by atoms with Crippen LogP contribution in [0.4, 0.5) is 31.1 Å². The fraction of sp³-hybridized carbons (Fsp3) is 0.348. The van der Waals surface area contributed by atoms with Crippen LogP contribution in [0.2, 0.25) is 0 Å². The van der Waals surface area contributed by atoms with Crippen LogP contribution in [0.3, 0.4) is 0 Å². The Bertz CT molecular complexity index is 1180. The monoisotopic (exact) mass is 531 g/mol. The van der Waals surface area contributed by atoms with Crippen molar-refractivity contribution in [1.29, 1.82) is 0 Å². The number of nitrogens with zero attached hydrogens (tertiary/aromatic N) is 2. The van der Waals surface area contributed by atoms with E-state index in [2.05, 4.69) is 5.32 Å².